The van der Waals surface area contributed by atoms with Crippen LogP contribution in [0.5, 0.6) is 0 Å². The van der Waals surface area contributed by atoms with Gasteiger partial charge in [-0.15, -0.1) is 0 Å². The number of ketones is 1. The van der Waals surface area contributed by atoms with Crippen LogP contribution in [0.4, 0.5) is 5.82 Å². The van der Waals surface area contributed by atoms with Crippen molar-refractivity contribution in [3.63, 3.8) is 0 Å². The number of anilines is 1. The van der Waals surface area contributed by atoms with E-state index in [1.807, 2.05) is 48.7 Å². The largest absolute Gasteiger partial charge is 0.383 e. The minimum absolute atomic E-state index is 0.0689. The normalized spacial score (nSPS) is 22.0. The van der Waals surface area contributed by atoms with E-state index in [9.17, 15) is 4.79 Å². The van der Waals surface area contributed by atoms with Gasteiger partial charge in [0.1, 0.15) is 5.82 Å². The highest BCUT2D eigenvalue weighted by atomic mass is 16.1. The number of benzene rings is 1. The molecule has 160 valence electrons. The van der Waals surface area contributed by atoms with Gasteiger partial charge in [0.05, 0.1) is 23.1 Å². The quantitative estimate of drug-likeness (QED) is 0.483. The molecule has 4 aromatic rings. The van der Waals surface area contributed by atoms with Gasteiger partial charge in [-0.2, -0.15) is 9.61 Å². The summed E-state index contributed by atoms with van der Waals surface area (Å²) < 4.78 is 1.58. The van der Waals surface area contributed by atoms with E-state index in [-0.39, 0.29) is 11.7 Å². The first-order chi connectivity index (χ1) is 15.6. The highest BCUT2D eigenvalue weighted by Gasteiger charge is 2.42. The lowest BCUT2D eigenvalue weighted by molar-refractivity contribution is 0.101. The molecule has 0 radical (unpaired) electrons. The Kier molecular flexibility index (Phi) is 4.33. The molecule has 6 rings (SSSR count). The van der Waals surface area contributed by atoms with E-state index in [0.29, 0.717) is 29.1 Å². The molecule has 5 heterocycles. The standard InChI is InChI=1S/C25H24N6O/c1-14(32)22-23(18-11-17-8-10-21(18)29-17)30-25-19(13-28-31(25)24(22)26)16-7-9-20(27-12-16)15-5-3-2-4-6-15/h2-7,9,12-13,17-18,21,29H,8,10-11,26H2,1H3. The fraction of sp³-hybridized carbons (Fsp3) is 0.280. The number of hydrogen-bond donors (Lipinski definition) is 2. The maximum absolute atomic E-state index is 12.6. The number of nitrogen functional groups attached to an aromatic ring is 1. The molecule has 2 fully saturated rings. The third-order valence-corrected chi connectivity index (χ3v) is 6.86. The van der Waals surface area contributed by atoms with Crippen LogP contribution in [-0.4, -0.2) is 37.4 Å². The number of hydrogen-bond acceptors (Lipinski definition) is 6. The molecule has 2 saturated heterocycles. The first kappa shape index (κ1) is 19.1. The zero-order valence-corrected chi connectivity index (χ0v) is 17.8. The summed E-state index contributed by atoms with van der Waals surface area (Å²) in [6.07, 6.45) is 6.88. The minimum Gasteiger partial charge on any atom is -0.383 e. The van der Waals surface area contributed by atoms with Gasteiger partial charge in [-0.1, -0.05) is 36.4 Å². The second-order valence-electron chi connectivity index (χ2n) is 8.79. The van der Waals surface area contributed by atoms with E-state index in [2.05, 4.69) is 15.4 Å². The van der Waals surface area contributed by atoms with Crippen molar-refractivity contribution in [2.75, 3.05) is 5.73 Å². The Hall–Kier alpha value is -3.58. The molecule has 3 aromatic heterocycles. The Balaban J connectivity index is 1.47. The lowest BCUT2D eigenvalue weighted by Crippen LogP contribution is -2.25. The van der Waals surface area contributed by atoms with Crippen molar-refractivity contribution in [1.29, 1.82) is 0 Å². The molecule has 2 aliphatic heterocycles. The van der Waals surface area contributed by atoms with Crippen LogP contribution in [0.3, 0.4) is 0 Å². The molecule has 32 heavy (non-hydrogen) atoms. The van der Waals surface area contributed by atoms with Crippen molar-refractivity contribution in [2.45, 2.75) is 44.2 Å². The Morgan fingerprint density at radius 2 is 1.94 bits per heavy atom. The molecule has 0 aliphatic carbocycles. The van der Waals surface area contributed by atoms with Crippen molar-refractivity contribution >= 4 is 17.2 Å². The fourth-order valence-electron chi connectivity index (χ4n) is 5.32. The lowest BCUT2D eigenvalue weighted by Gasteiger charge is -2.22. The van der Waals surface area contributed by atoms with E-state index in [0.717, 1.165) is 40.9 Å². The number of Topliss-reactive ketones (excluding diaryl/α,β-unsaturated/α-hetero) is 1. The second-order valence-corrected chi connectivity index (χ2v) is 8.79. The van der Waals surface area contributed by atoms with E-state index in [1.54, 1.807) is 17.6 Å². The van der Waals surface area contributed by atoms with Crippen molar-refractivity contribution in [1.82, 2.24) is 24.9 Å². The first-order valence-electron chi connectivity index (χ1n) is 11.1. The average molecular weight is 425 g/mol. The molecule has 7 heteroatoms. The van der Waals surface area contributed by atoms with Crippen LogP contribution >= 0.6 is 0 Å². The Morgan fingerprint density at radius 1 is 1.09 bits per heavy atom. The highest BCUT2D eigenvalue weighted by Crippen LogP contribution is 2.42. The Morgan fingerprint density at radius 3 is 2.59 bits per heavy atom. The molecule has 1 aromatic carbocycles. The number of pyridine rings is 1. The zero-order valence-electron chi connectivity index (χ0n) is 17.8. The van der Waals surface area contributed by atoms with E-state index >= 15 is 0 Å². The molecule has 0 amide bonds. The van der Waals surface area contributed by atoms with Crippen LogP contribution in [0.15, 0.2) is 54.9 Å². The minimum atomic E-state index is -0.0689. The van der Waals surface area contributed by atoms with Gasteiger partial charge in [-0.05, 0) is 32.3 Å². The molecule has 3 N–H and O–H groups in total. The number of nitrogens with zero attached hydrogens (tertiary/aromatic N) is 4. The molecular formula is C25H24N6O. The Bertz CT molecular complexity index is 1330. The van der Waals surface area contributed by atoms with E-state index in [4.69, 9.17) is 10.7 Å². The van der Waals surface area contributed by atoms with Crippen molar-refractivity contribution < 1.29 is 4.79 Å². The number of aromatic nitrogens is 4. The molecule has 0 spiro atoms. The third-order valence-electron chi connectivity index (χ3n) is 6.86. The van der Waals surface area contributed by atoms with Gasteiger partial charge in [0, 0.05) is 40.9 Å². The van der Waals surface area contributed by atoms with Crippen molar-refractivity contribution in [3.8, 4) is 22.4 Å². The molecular weight excluding hydrogens is 400 g/mol. The predicted molar refractivity (Wildman–Crippen MR) is 123 cm³/mol. The highest BCUT2D eigenvalue weighted by molar-refractivity contribution is 6.00. The summed E-state index contributed by atoms with van der Waals surface area (Å²) in [6, 6.07) is 15.0. The maximum atomic E-state index is 12.6. The summed E-state index contributed by atoms with van der Waals surface area (Å²) in [5.74, 6) is 0.488. The van der Waals surface area contributed by atoms with E-state index < -0.39 is 0 Å². The molecule has 2 aliphatic rings. The number of nitrogens with one attached hydrogen (secondary N) is 1. The number of nitrogens with two attached hydrogens (primary N) is 1. The van der Waals surface area contributed by atoms with Crippen molar-refractivity contribution in [3.05, 3.63) is 66.1 Å². The zero-order chi connectivity index (χ0) is 21.8. The molecule has 0 saturated carbocycles. The van der Waals surface area contributed by atoms with Gasteiger partial charge in [0.2, 0.25) is 0 Å². The summed E-state index contributed by atoms with van der Waals surface area (Å²) in [4.78, 5) is 22.2. The molecule has 7 nitrogen and oxygen atoms in total. The van der Waals surface area contributed by atoms with Gasteiger partial charge in [-0.25, -0.2) is 4.98 Å². The fourth-order valence-corrected chi connectivity index (χ4v) is 5.32. The summed E-state index contributed by atoms with van der Waals surface area (Å²) >= 11 is 0. The lowest BCUT2D eigenvalue weighted by atomic mass is 9.84. The smallest absolute Gasteiger partial charge is 0.165 e. The van der Waals surface area contributed by atoms with Gasteiger partial charge in [0.15, 0.2) is 11.4 Å². The van der Waals surface area contributed by atoms with Gasteiger partial charge in [-0.3, -0.25) is 9.78 Å². The van der Waals surface area contributed by atoms with Crippen LogP contribution in [0.2, 0.25) is 0 Å². The maximum Gasteiger partial charge on any atom is 0.165 e. The summed E-state index contributed by atoms with van der Waals surface area (Å²) in [5, 5.41) is 8.11. The number of carbonyl (C=O) groups excluding carboxylic acids is 1. The average Bonchev–Trinajstić information content (AvgIpc) is 3.55. The van der Waals surface area contributed by atoms with Crippen LogP contribution < -0.4 is 11.1 Å². The topological polar surface area (TPSA) is 98.2 Å². The van der Waals surface area contributed by atoms with Crippen LogP contribution in [0.1, 0.15) is 48.2 Å². The predicted octanol–water partition coefficient (Wildman–Crippen LogP) is 3.85. The van der Waals surface area contributed by atoms with Crippen LogP contribution in [0.25, 0.3) is 28.0 Å². The second kappa shape index (κ2) is 7.24. The molecule has 2 bridgehead atoms. The van der Waals surface area contributed by atoms with Crippen LogP contribution in [0, 0.1) is 0 Å². The Labute approximate surface area is 185 Å². The molecule has 3 atom stereocenters. The van der Waals surface area contributed by atoms with Gasteiger partial charge >= 0.3 is 0 Å². The van der Waals surface area contributed by atoms with Gasteiger partial charge < -0.3 is 11.1 Å². The monoisotopic (exact) mass is 424 g/mol. The SMILES string of the molecule is CC(=O)c1c(C2CC3CCC2N3)nc2c(-c3ccc(-c4ccccc4)nc3)cnn2c1N. The van der Waals surface area contributed by atoms with E-state index in [1.165, 1.54) is 6.42 Å². The summed E-state index contributed by atoms with van der Waals surface area (Å²) in [5.41, 5.74) is 12.2. The van der Waals surface area contributed by atoms with Crippen molar-refractivity contribution in [2.24, 2.45) is 0 Å². The van der Waals surface area contributed by atoms with Gasteiger partial charge in [0.25, 0.3) is 0 Å². The first-order valence-corrected chi connectivity index (χ1v) is 11.1. The third kappa shape index (κ3) is 2.92. The molecule has 3 unspecified atom stereocenters. The number of carbonyl (C=O) groups is 1. The summed E-state index contributed by atoms with van der Waals surface area (Å²) in [6.45, 7) is 1.56. The van der Waals surface area contributed by atoms with Crippen LogP contribution in [-0.2, 0) is 0 Å². The number of rotatable bonds is 4. The summed E-state index contributed by atoms with van der Waals surface area (Å²) in [7, 11) is 0. The number of fused-ring (bicyclic) bond motifs is 3.